The molecule has 0 aromatic heterocycles. The monoisotopic (exact) mass is 327 g/mol. The Bertz CT molecular complexity index is 445. The van der Waals surface area contributed by atoms with Crippen LogP contribution in [0.2, 0.25) is 0 Å². The Labute approximate surface area is 139 Å². The van der Waals surface area contributed by atoms with E-state index in [0.29, 0.717) is 10.5 Å². The predicted octanol–water partition coefficient (Wildman–Crippen LogP) is 4.04. The average Bonchev–Trinajstić information content (AvgIpc) is 2.70. The quantitative estimate of drug-likeness (QED) is 0.625. The first-order valence-electron chi connectivity index (χ1n) is 7.43. The third-order valence-corrected chi connectivity index (χ3v) is 4.33. The molecule has 0 atom stereocenters. The van der Waals surface area contributed by atoms with Gasteiger partial charge in [-0.3, -0.25) is 9.89 Å². The first-order valence-corrected chi connectivity index (χ1v) is 8.82. The van der Waals surface area contributed by atoms with Gasteiger partial charge >= 0.3 is 0 Å². The van der Waals surface area contributed by atoms with Gasteiger partial charge < -0.3 is 5.73 Å². The fourth-order valence-corrected chi connectivity index (χ4v) is 3.80. The summed E-state index contributed by atoms with van der Waals surface area (Å²) in [6.45, 7) is 15.1. The molecule has 1 fully saturated rings. The Kier molecular flexibility index (Phi) is 6.29. The van der Waals surface area contributed by atoms with Crippen molar-refractivity contribution in [2.45, 2.75) is 48.0 Å². The topological polar surface area (TPSA) is 41.6 Å². The van der Waals surface area contributed by atoms with E-state index in [-0.39, 0.29) is 5.41 Å². The lowest BCUT2D eigenvalue weighted by Gasteiger charge is -2.24. The number of aliphatic imine (C=N–C) groups is 1. The fourth-order valence-electron chi connectivity index (χ4n) is 2.61. The molecule has 1 saturated heterocycles. The lowest BCUT2D eigenvalue weighted by Crippen LogP contribution is -2.36. The molecule has 3 nitrogen and oxygen atoms in total. The van der Waals surface area contributed by atoms with Crippen LogP contribution in [-0.2, 0) is 0 Å². The van der Waals surface area contributed by atoms with Crippen molar-refractivity contribution in [3.63, 3.8) is 0 Å². The first kappa shape index (κ1) is 18.5. The summed E-state index contributed by atoms with van der Waals surface area (Å²) >= 11 is 6.80. The zero-order chi connectivity index (χ0) is 16.3. The van der Waals surface area contributed by atoms with Crippen molar-refractivity contribution in [2.24, 2.45) is 21.6 Å². The molecule has 120 valence electrons. The summed E-state index contributed by atoms with van der Waals surface area (Å²) in [5.74, 6) is 1.01. The Morgan fingerprint density at radius 2 is 2.00 bits per heavy atom. The van der Waals surface area contributed by atoms with Crippen molar-refractivity contribution in [1.29, 1.82) is 0 Å². The van der Waals surface area contributed by atoms with Crippen LogP contribution in [0.1, 0.15) is 48.0 Å². The summed E-state index contributed by atoms with van der Waals surface area (Å²) in [5.41, 5.74) is 7.53. The molecule has 1 aliphatic rings. The summed E-state index contributed by atoms with van der Waals surface area (Å²) in [6, 6.07) is 0. The standard InChI is InChI=1S/C16H29N3S2/c1-12(9-15(2,3)4)10-16(5,6)11-18-14-19(13(17)20)7-8-21-14/h10H,7-9,11H2,1-6H3,(H2,17,20). The van der Waals surface area contributed by atoms with E-state index in [1.165, 1.54) is 5.57 Å². The maximum atomic E-state index is 5.73. The number of hydrogen-bond donors (Lipinski definition) is 1. The molecule has 0 saturated carbocycles. The number of thiocarbonyl (C=S) groups is 1. The smallest absolute Gasteiger partial charge is 0.172 e. The highest BCUT2D eigenvalue weighted by Crippen LogP contribution is 2.28. The van der Waals surface area contributed by atoms with Gasteiger partial charge in [-0.25, -0.2) is 0 Å². The molecule has 0 aliphatic carbocycles. The van der Waals surface area contributed by atoms with Gasteiger partial charge in [0, 0.05) is 17.7 Å². The molecule has 0 spiro atoms. The molecule has 5 heteroatoms. The lowest BCUT2D eigenvalue weighted by atomic mass is 9.84. The normalized spacial score (nSPS) is 19.4. The van der Waals surface area contributed by atoms with Crippen LogP contribution in [0.4, 0.5) is 0 Å². The van der Waals surface area contributed by atoms with Crippen LogP contribution < -0.4 is 5.73 Å². The highest BCUT2D eigenvalue weighted by atomic mass is 32.2. The molecule has 0 amide bonds. The van der Waals surface area contributed by atoms with E-state index in [4.69, 9.17) is 22.9 Å². The minimum absolute atomic E-state index is 0.0490. The zero-order valence-electron chi connectivity index (χ0n) is 14.2. The SMILES string of the molecule is CC(=CC(C)(C)CN=C1SCCN1C(N)=S)CC(C)(C)C. The summed E-state index contributed by atoms with van der Waals surface area (Å²) in [7, 11) is 0. The lowest BCUT2D eigenvalue weighted by molar-refractivity contribution is 0.403. The maximum absolute atomic E-state index is 5.73. The molecule has 0 bridgehead atoms. The highest BCUT2D eigenvalue weighted by molar-refractivity contribution is 8.14. The Balaban J connectivity index is 2.72. The molecule has 0 radical (unpaired) electrons. The average molecular weight is 328 g/mol. The second-order valence-electron chi connectivity index (χ2n) is 7.65. The third-order valence-electron chi connectivity index (χ3n) is 3.11. The van der Waals surface area contributed by atoms with Gasteiger partial charge in [0.1, 0.15) is 0 Å². The van der Waals surface area contributed by atoms with Crippen LogP contribution in [0, 0.1) is 10.8 Å². The number of nitrogens with two attached hydrogens (primary N) is 1. The van der Waals surface area contributed by atoms with E-state index in [2.05, 4.69) is 47.6 Å². The van der Waals surface area contributed by atoms with Crippen LogP contribution >= 0.6 is 24.0 Å². The van der Waals surface area contributed by atoms with Crippen LogP contribution in [0.25, 0.3) is 0 Å². The van der Waals surface area contributed by atoms with Crippen LogP contribution in [0.15, 0.2) is 16.6 Å². The molecule has 0 unspecified atom stereocenters. The molecular weight excluding hydrogens is 298 g/mol. The van der Waals surface area contributed by atoms with Crippen molar-refractivity contribution in [3.8, 4) is 0 Å². The predicted molar refractivity (Wildman–Crippen MR) is 99.9 cm³/mol. The molecule has 1 rings (SSSR count). The molecule has 0 aromatic carbocycles. The maximum Gasteiger partial charge on any atom is 0.172 e. The largest absolute Gasteiger partial charge is 0.376 e. The molecule has 1 heterocycles. The number of nitrogens with zero attached hydrogens (tertiary/aromatic N) is 2. The van der Waals surface area contributed by atoms with Gasteiger partial charge in [0.15, 0.2) is 10.3 Å². The molecule has 2 N–H and O–H groups in total. The number of rotatable bonds is 4. The molecule has 0 aromatic rings. The van der Waals surface area contributed by atoms with Gasteiger partial charge in [0.25, 0.3) is 0 Å². The van der Waals surface area contributed by atoms with Gasteiger partial charge in [-0.1, -0.05) is 58.0 Å². The van der Waals surface area contributed by atoms with Crippen LogP contribution in [0.3, 0.4) is 0 Å². The first-order chi connectivity index (χ1) is 9.50. The van der Waals surface area contributed by atoms with Gasteiger partial charge in [-0.05, 0) is 31.0 Å². The Hall–Kier alpha value is -0.550. The Morgan fingerprint density at radius 1 is 1.38 bits per heavy atom. The summed E-state index contributed by atoms with van der Waals surface area (Å²) in [5, 5.41) is 1.40. The molecule has 1 aliphatic heterocycles. The van der Waals surface area contributed by atoms with Gasteiger partial charge in [-0.15, -0.1) is 0 Å². The molecular formula is C16H29N3S2. The Morgan fingerprint density at radius 3 is 2.52 bits per heavy atom. The van der Waals surface area contributed by atoms with Crippen molar-refractivity contribution in [1.82, 2.24) is 4.90 Å². The molecule has 21 heavy (non-hydrogen) atoms. The van der Waals surface area contributed by atoms with E-state index in [9.17, 15) is 0 Å². The van der Waals surface area contributed by atoms with E-state index >= 15 is 0 Å². The number of amidine groups is 1. The van der Waals surface area contributed by atoms with Gasteiger partial charge in [0.05, 0.1) is 6.54 Å². The minimum atomic E-state index is 0.0490. The zero-order valence-corrected chi connectivity index (χ0v) is 15.8. The van der Waals surface area contributed by atoms with Gasteiger partial charge in [0.2, 0.25) is 0 Å². The van der Waals surface area contributed by atoms with Crippen molar-refractivity contribution in [3.05, 3.63) is 11.6 Å². The van der Waals surface area contributed by atoms with E-state index in [1.54, 1.807) is 11.8 Å². The second kappa shape index (κ2) is 7.14. The van der Waals surface area contributed by atoms with Gasteiger partial charge in [-0.2, -0.15) is 0 Å². The number of allylic oxidation sites excluding steroid dienone is 1. The number of thioether (sulfide) groups is 1. The van der Waals surface area contributed by atoms with E-state index < -0.39 is 0 Å². The van der Waals surface area contributed by atoms with Crippen molar-refractivity contribution >= 4 is 34.3 Å². The third kappa shape index (κ3) is 6.83. The minimum Gasteiger partial charge on any atom is -0.376 e. The fraction of sp³-hybridized carbons (Fsp3) is 0.750. The summed E-state index contributed by atoms with van der Waals surface area (Å²) in [6.07, 6.45) is 3.47. The van der Waals surface area contributed by atoms with Crippen LogP contribution in [0.5, 0.6) is 0 Å². The van der Waals surface area contributed by atoms with E-state index in [1.807, 2.05) is 4.90 Å². The highest BCUT2D eigenvalue weighted by Gasteiger charge is 2.23. The van der Waals surface area contributed by atoms with Crippen molar-refractivity contribution in [2.75, 3.05) is 18.8 Å². The van der Waals surface area contributed by atoms with Crippen molar-refractivity contribution < 1.29 is 0 Å². The number of hydrogen-bond acceptors (Lipinski definition) is 3. The summed E-state index contributed by atoms with van der Waals surface area (Å²) < 4.78 is 0. The van der Waals surface area contributed by atoms with Crippen LogP contribution in [-0.4, -0.2) is 34.0 Å². The summed E-state index contributed by atoms with van der Waals surface area (Å²) in [4.78, 5) is 6.67. The second-order valence-corrected chi connectivity index (χ2v) is 9.13. The van der Waals surface area contributed by atoms with E-state index in [0.717, 1.165) is 30.4 Å².